The average molecular weight is 417 g/mol. The van der Waals surface area contributed by atoms with Crippen molar-refractivity contribution in [2.75, 3.05) is 11.1 Å². The van der Waals surface area contributed by atoms with Gasteiger partial charge in [0.1, 0.15) is 0 Å². The molecule has 4 aromatic rings. The third-order valence-corrected chi connectivity index (χ3v) is 6.04. The molecule has 0 aliphatic rings. The van der Waals surface area contributed by atoms with Gasteiger partial charge >= 0.3 is 0 Å². The zero-order chi connectivity index (χ0) is 21.3. The van der Waals surface area contributed by atoms with Crippen molar-refractivity contribution in [2.24, 2.45) is 0 Å². The van der Waals surface area contributed by atoms with E-state index in [-0.39, 0.29) is 5.91 Å². The van der Waals surface area contributed by atoms with E-state index in [9.17, 15) is 4.79 Å². The first-order chi connectivity index (χ1) is 14.4. The number of benzene rings is 2. The molecule has 6 heteroatoms. The number of hydrogen-bond donors (Lipinski definition) is 1. The number of pyridine rings is 1. The molecule has 1 N–H and O–H groups in total. The van der Waals surface area contributed by atoms with Gasteiger partial charge in [-0.2, -0.15) is 5.10 Å². The highest BCUT2D eigenvalue weighted by Gasteiger charge is 2.16. The lowest BCUT2D eigenvalue weighted by atomic mass is 10.1. The quantitative estimate of drug-likeness (QED) is 0.444. The molecule has 152 valence electrons. The van der Waals surface area contributed by atoms with Gasteiger partial charge in [-0.25, -0.2) is 9.67 Å². The second kappa shape index (κ2) is 8.32. The highest BCUT2D eigenvalue weighted by Crippen LogP contribution is 2.27. The molecule has 0 aliphatic heterocycles. The predicted molar refractivity (Wildman–Crippen MR) is 124 cm³/mol. The molecule has 0 unspecified atom stereocenters. The molecular formula is C24H24N4OS. The second-order valence-corrected chi connectivity index (χ2v) is 8.37. The first-order valence-corrected chi connectivity index (χ1v) is 10.8. The Morgan fingerprint density at radius 3 is 2.53 bits per heavy atom. The highest BCUT2D eigenvalue weighted by molar-refractivity contribution is 7.99. The summed E-state index contributed by atoms with van der Waals surface area (Å²) in [6, 6.07) is 18.2. The van der Waals surface area contributed by atoms with E-state index in [0.717, 1.165) is 44.3 Å². The van der Waals surface area contributed by atoms with Crippen molar-refractivity contribution in [3.05, 3.63) is 77.1 Å². The van der Waals surface area contributed by atoms with E-state index in [0.29, 0.717) is 5.75 Å². The van der Waals surface area contributed by atoms with E-state index in [1.807, 2.05) is 61.0 Å². The van der Waals surface area contributed by atoms with Crippen LogP contribution in [-0.4, -0.2) is 26.4 Å². The van der Waals surface area contributed by atoms with Crippen LogP contribution >= 0.6 is 11.8 Å². The zero-order valence-electron chi connectivity index (χ0n) is 17.6. The van der Waals surface area contributed by atoms with E-state index < -0.39 is 0 Å². The topological polar surface area (TPSA) is 59.8 Å². The van der Waals surface area contributed by atoms with Crippen molar-refractivity contribution in [3.8, 4) is 5.69 Å². The third kappa shape index (κ3) is 3.96. The first kappa shape index (κ1) is 20.2. The lowest BCUT2D eigenvalue weighted by molar-refractivity contribution is -0.113. The smallest absolute Gasteiger partial charge is 0.234 e. The fourth-order valence-corrected chi connectivity index (χ4v) is 4.33. The van der Waals surface area contributed by atoms with Gasteiger partial charge in [-0.3, -0.25) is 4.79 Å². The number of nitrogens with one attached hydrogen (secondary N) is 1. The van der Waals surface area contributed by atoms with E-state index in [1.165, 1.54) is 17.3 Å². The molecule has 5 nitrogen and oxygen atoms in total. The van der Waals surface area contributed by atoms with Gasteiger partial charge in [0.2, 0.25) is 5.91 Å². The summed E-state index contributed by atoms with van der Waals surface area (Å²) >= 11 is 1.45. The van der Waals surface area contributed by atoms with Crippen LogP contribution in [0.4, 0.5) is 5.69 Å². The number of fused-ring (bicyclic) bond motifs is 1. The van der Waals surface area contributed by atoms with E-state index in [2.05, 4.69) is 36.4 Å². The molecule has 0 spiro atoms. The van der Waals surface area contributed by atoms with Crippen molar-refractivity contribution < 1.29 is 4.79 Å². The summed E-state index contributed by atoms with van der Waals surface area (Å²) in [6.07, 6.45) is 0. The van der Waals surface area contributed by atoms with Crippen LogP contribution in [0.2, 0.25) is 0 Å². The molecule has 2 aromatic heterocycles. The number of carbonyl (C=O) groups is 1. The summed E-state index contributed by atoms with van der Waals surface area (Å²) in [5.74, 6) is 0.224. The van der Waals surface area contributed by atoms with Crippen LogP contribution in [0.1, 0.15) is 22.5 Å². The van der Waals surface area contributed by atoms with Gasteiger partial charge in [-0.1, -0.05) is 48.2 Å². The molecule has 30 heavy (non-hydrogen) atoms. The maximum Gasteiger partial charge on any atom is 0.234 e. The number of para-hydroxylation sites is 2. The molecule has 0 aliphatic carbocycles. The summed E-state index contributed by atoms with van der Waals surface area (Å²) in [7, 11) is 0. The number of amides is 1. The van der Waals surface area contributed by atoms with Crippen molar-refractivity contribution in [3.63, 3.8) is 0 Å². The second-order valence-electron chi connectivity index (χ2n) is 7.38. The van der Waals surface area contributed by atoms with Crippen LogP contribution in [-0.2, 0) is 4.79 Å². The van der Waals surface area contributed by atoms with Gasteiger partial charge in [0.05, 0.1) is 39.1 Å². The Morgan fingerprint density at radius 1 is 1.00 bits per heavy atom. The lowest BCUT2D eigenvalue weighted by Crippen LogP contribution is -2.15. The van der Waals surface area contributed by atoms with Gasteiger partial charge in [0.25, 0.3) is 0 Å². The number of hydrogen-bond acceptors (Lipinski definition) is 4. The number of carbonyl (C=O) groups excluding carboxylic acids is 1. The molecule has 0 atom stereocenters. The fraction of sp³-hybridized carbons (Fsp3) is 0.208. The number of anilines is 1. The maximum absolute atomic E-state index is 12.7. The Kier molecular flexibility index (Phi) is 5.59. The average Bonchev–Trinajstić information content (AvgIpc) is 3.02. The Bertz CT molecular complexity index is 1230. The maximum atomic E-state index is 12.7. The molecule has 0 bridgehead atoms. The van der Waals surface area contributed by atoms with Crippen molar-refractivity contribution in [1.82, 2.24) is 14.8 Å². The molecule has 2 aromatic carbocycles. The summed E-state index contributed by atoms with van der Waals surface area (Å²) in [5, 5.41) is 9.64. The first-order valence-electron chi connectivity index (χ1n) is 9.85. The minimum atomic E-state index is -0.0665. The summed E-state index contributed by atoms with van der Waals surface area (Å²) in [4.78, 5) is 17.4. The largest absolute Gasteiger partial charge is 0.322 e. The van der Waals surface area contributed by atoms with Crippen LogP contribution < -0.4 is 5.32 Å². The van der Waals surface area contributed by atoms with Crippen LogP contribution in [0.5, 0.6) is 0 Å². The van der Waals surface area contributed by atoms with Crippen molar-refractivity contribution >= 4 is 34.3 Å². The highest BCUT2D eigenvalue weighted by atomic mass is 32.2. The third-order valence-electron chi connectivity index (χ3n) is 5.13. The van der Waals surface area contributed by atoms with E-state index >= 15 is 0 Å². The molecule has 4 rings (SSSR count). The lowest BCUT2D eigenvalue weighted by Gasteiger charge is -2.09. The Balaban J connectivity index is 1.49. The van der Waals surface area contributed by atoms with Crippen LogP contribution in [0.25, 0.3) is 16.6 Å². The molecule has 0 saturated carbocycles. The Morgan fingerprint density at radius 2 is 1.77 bits per heavy atom. The normalized spacial score (nSPS) is 11.1. The summed E-state index contributed by atoms with van der Waals surface area (Å²) < 4.78 is 1.86. The number of aromatic nitrogens is 3. The van der Waals surface area contributed by atoms with Crippen LogP contribution in [0.3, 0.4) is 0 Å². The van der Waals surface area contributed by atoms with Gasteiger partial charge < -0.3 is 5.32 Å². The Labute approximate surface area is 180 Å². The molecule has 0 radical (unpaired) electrons. The summed E-state index contributed by atoms with van der Waals surface area (Å²) in [5.41, 5.74) is 6.75. The van der Waals surface area contributed by atoms with Gasteiger partial charge in [-0.05, 0) is 57.0 Å². The number of aryl methyl sites for hydroxylation is 3. The van der Waals surface area contributed by atoms with Crippen LogP contribution in [0, 0.1) is 27.7 Å². The van der Waals surface area contributed by atoms with E-state index in [1.54, 1.807) is 0 Å². The molecule has 0 saturated heterocycles. The van der Waals surface area contributed by atoms with Crippen molar-refractivity contribution in [2.45, 2.75) is 32.7 Å². The molecule has 0 fully saturated rings. The van der Waals surface area contributed by atoms with Crippen molar-refractivity contribution in [1.29, 1.82) is 0 Å². The molecule has 2 heterocycles. The summed E-state index contributed by atoms with van der Waals surface area (Å²) in [6.45, 7) is 8.02. The number of thioether (sulfide) groups is 1. The molecular weight excluding hydrogens is 392 g/mol. The van der Waals surface area contributed by atoms with E-state index in [4.69, 9.17) is 4.98 Å². The van der Waals surface area contributed by atoms with Gasteiger partial charge in [0.15, 0.2) is 0 Å². The monoisotopic (exact) mass is 416 g/mol. The zero-order valence-corrected chi connectivity index (χ0v) is 18.4. The minimum Gasteiger partial charge on any atom is -0.322 e. The predicted octanol–water partition coefficient (Wildman–Crippen LogP) is 5.38. The van der Waals surface area contributed by atoms with Gasteiger partial charge in [-0.15, -0.1) is 0 Å². The van der Waals surface area contributed by atoms with Gasteiger partial charge in [0, 0.05) is 5.39 Å². The standard InChI is InChI=1S/C24H24N4OS/c1-15-9-8-12-20-16(2)13-22(26-23(15)20)30-14-21(29)25-24-17(3)27-28(18(24)4)19-10-6-5-7-11-19/h5-13H,14H2,1-4H3,(H,25,29). The fourth-order valence-electron chi connectivity index (χ4n) is 3.56. The minimum absolute atomic E-state index is 0.0665. The Hall–Kier alpha value is -3.12. The molecule has 1 amide bonds. The SMILES string of the molecule is Cc1nn(-c2ccccc2)c(C)c1NC(=O)CSc1cc(C)c2cccc(C)c2n1. The number of rotatable bonds is 5. The number of nitrogens with zero attached hydrogens (tertiary/aromatic N) is 3. The van der Waals surface area contributed by atoms with Crippen LogP contribution in [0.15, 0.2) is 59.6 Å².